The topological polar surface area (TPSA) is 134 Å². The van der Waals surface area contributed by atoms with Crippen molar-refractivity contribution in [3.8, 4) is 23.0 Å². The lowest BCUT2D eigenvalue weighted by molar-refractivity contribution is -0.132. The van der Waals surface area contributed by atoms with E-state index in [-0.39, 0.29) is 39.3 Å². The summed E-state index contributed by atoms with van der Waals surface area (Å²) >= 11 is 0.890. The second-order valence-electron chi connectivity index (χ2n) is 9.30. The number of aromatic nitrogens is 1. The molecule has 43 heavy (non-hydrogen) atoms. The molecule has 0 bridgehead atoms. The SMILES string of the molecule is C=CCOC(=O)c1sc(N2C(=O)C(=O)/C(=C(/O)c3cccc(OCCC)c3)C2c2cc(OC)c(OC)c(OC)c2)nc1C. The number of carbonyl (C=O) groups is 3. The molecule has 0 aliphatic carbocycles. The van der Waals surface area contributed by atoms with Crippen molar-refractivity contribution in [3.63, 3.8) is 0 Å². The van der Waals surface area contributed by atoms with Crippen LogP contribution in [0.5, 0.6) is 23.0 Å². The molecule has 0 radical (unpaired) electrons. The van der Waals surface area contributed by atoms with Gasteiger partial charge in [-0.1, -0.05) is 43.0 Å². The number of amides is 1. The lowest BCUT2D eigenvalue weighted by Gasteiger charge is -2.24. The third-order valence-electron chi connectivity index (χ3n) is 6.54. The summed E-state index contributed by atoms with van der Waals surface area (Å²) in [5.41, 5.74) is 0.737. The zero-order chi connectivity index (χ0) is 31.3. The van der Waals surface area contributed by atoms with Crippen LogP contribution in [0.3, 0.4) is 0 Å². The molecule has 12 heteroatoms. The van der Waals surface area contributed by atoms with Crippen LogP contribution in [0.25, 0.3) is 5.76 Å². The molecule has 1 aromatic heterocycles. The molecule has 1 fully saturated rings. The number of methoxy groups -OCH3 is 3. The monoisotopic (exact) mass is 608 g/mol. The third kappa shape index (κ3) is 6.05. The van der Waals surface area contributed by atoms with Crippen LogP contribution < -0.4 is 23.8 Å². The maximum absolute atomic E-state index is 13.7. The van der Waals surface area contributed by atoms with Gasteiger partial charge in [0.1, 0.15) is 23.0 Å². The summed E-state index contributed by atoms with van der Waals surface area (Å²) in [6.45, 7) is 7.55. The van der Waals surface area contributed by atoms with Crippen LogP contribution in [0.15, 0.2) is 54.6 Å². The third-order valence-corrected chi connectivity index (χ3v) is 7.67. The van der Waals surface area contributed by atoms with Crippen LogP contribution in [0.4, 0.5) is 5.13 Å². The van der Waals surface area contributed by atoms with Gasteiger partial charge in [-0.3, -0.25) is 14.5 Å². The van der Waals surface area contributed by atoms with E-state index in [4.69, 9.17) is 23.7 Å². The number of nitrogens with zero attached hydrogens (tertiary/aromatic N) is 2. The molecule has 1 saturated heterocycles. The van der Waals surface area contributed by atoms with Gasteiger partial charge in [0.05, 0.1) is 45.2 Å². The van der Waals surface area contributed by atoms with E-state index in [1.165, 1.54) is 27.4 Å². The van der Waals surface area contributed by atoms with Gasteiger partial charge in [-0.15, -0.1) is 0 Å². The van der Waals surface area contributed by atoms with Gasteiger partial charge in [0.25, 0.3) is 5.78 Å². The second-order valence-corrected chi connectivity index (χ2v) is 10.3. The van der Waals surface area contributed by atoms with Crippen molar-refractivity contribution in [2.75, 3.05) is 39.4 Å². The fourth-order valence-corrected chi connectivity index (χ4v) is 5.58. The predicted octanol–water partition coefficient (Wildman–Crippen LogP) is 5.24. The number of benzene rings is 2. The first-order valence-electron chi connectivity index (χ1n) is 13.3. The van der Waals surface area contributed by atoms with Gasteiger partial charge < -0.3 is 28.8 Å². The van der Waals surface area contributed by atoms with Crippen molar-refractivity contribution in [1.82, 2.24) is 4.98 Å². The first kappa shape index (κ1) is 31.1. The largest absolute Gasteiger partial charge is 0.507 e. The van der Waals surface area contributed by atoms with Gasteiger partial charge in [-0.2, -0.15) is 0 Å². The molecule has 1 amide bonds. The van der Waals surface area contributed by atoms with Crippen molar-refractivity contribution in [3.05, 3.63) is 76.3 Å². The predicted molar refractivity (Wildman–Crippen MR) is 160 cm³/mol. The highest BCUT2D eigenvalue weighted by Crippen LogP contribution is 2.48. The van der Waals surface area contributed by atoms with Crippen LogP contribution >= 0.6 is 11.3 Å². The van der Waals surface area contributed by atoms with E-state index in [1.54, 1.807) is 43.3 Å². The van der Waals surface area contributed by atoms with Gasteiger partial charge in [0, 0.05) is 5.56 Å². The Kier molecular flexibility index (Phi) is 9.71. The number of aliphatic hydroxyl groups excluding tert-OH is 1. The Labute approximate surface area is 252 Å². The molecule has 1 N–H and O–H groups in total. The molecule has 1 atom stereocenters. The van der Waals surface area contributed by atoms with Gasteiger partial charge in [0.15, 0.2) is 16.6 Å². The van der Waals surface area contributed by atoms with Gasteiger partial charge in [-0.05, 0) is 43.2 Å². The Bertz CT molecular complexity index is 1570. The van der Waals surface area contributed by atoms with E-state index in [9.17, 15) is 19.5 Å². The molecule has 2 aromatic carbocycles. The summed E-state index contributed by atoms with van der Waals surface area (Å²) in [6.07, 6.45) is 2.21. The molecule has 0 saturated carbocycles. The van der Waals surface area contributed by atoms with Crippen molar-refractivity contribution in [2.24, 2.45) is 0 Å². The van der Waals surface area contributed by atoms with Crippen molar-refractivity contribution < 1.29 is 43.2 Å². The number of aliphatic hydroxyl groups is 1. The Balaban J connectivity index is 1.96. The zero-order valence-corrected chi connectivity index (χ0v) is 25.3. The molecule has 2 heterocycles. The number of hydrogen-bond donors (Lipinski definition) is 1. The van der Waals surface area contributed by atoms with Gasteiger partial charge in [0.2, 0.25) is 5.75 Å². The van der Waals surface area contributed by atoms with Crippen molar-refractivity contribution >= 4 is 39.9 Å². The van der Waals surface area contributed by atoms with E-state index in [2.05, 4.69) is 11.6 Å². The molecule has 1 aliphatic rings. The van der Waals surface area contributed by atoms with Crippen LogP contribution in [-0.2, 0) is 14.3 Å². The highest BCUT2D eigenvalue weighted by molar-refractivity contribution is 7.17. The number of thiazole rings is 1. The number of rotatable bonds is 12. The Hall–Kier alpha value is -4.84. The smallest absolute Gasteiger partial charge is 0.350 e. The maximum atomic E-state index is 13.7. The Morgan fingerprint density at radius 3 is 2.42 bits per heavy atom. The molecule has 1 aliphatic heterocycles. The Morgan fingerprint density at radius 2 is 1.81 bits per heavy atom. The fourth-order valence-electron chi connectivity index (χ4n) is 4.59. The standard InChI is InChI=1S/C31H32N2O9S/c1-7-12-41-20-11-9-10-18(14-20)25(34)23-24(19-15-21(38-4)27(40-6)22(16-19)39-5)33(29(36)26(23)35)31-32-17(3)28(43-31)30(37)42-13-8-2/h8-11,14-16,24,34H,2,7,12-13H2,1,3-6H3/b25-23+. The lowest BCUT2D eigenvalue weighted by atomic mass is 9.94. The minimum atomic E-state index is -1.18. The van der Waals surface area contributed by atoms with Gasteiger partial charge >= 0.3 is 11.9 Å². The first-order chi connectivity index (χ1) is 20.7. The van der Waals surface area contributed by atoms with E-state index in [1.807, 2.05) is 6.92 Å². The number of aryl methyl sites for hydroxylation is 1. The number of esters is 1. The number of anilines is 1. The summed E-state index contributed by atoms with van der Waals surface area (Å²) in [5, 5.41) is 11.6. The minimum absolute atomic E-state index is 0.0114. The second kappa shape index (κ2) is 13.4. The van der Waals surface area contributed by atoms with Crippen LogP contribution in [0.1, 0.15) is 45.9 Å². The lowest BCUT2D eigenvalue weighted by Crippen LogP contribution is -2.29. The average molecular weight is 609 g/mol. The number of carbonyl (C=O) groups excluding carboxylic acids is 3. The minimum Gasteiger partial charge on any atom is -0.507 e. The number of ether oxygens (including phenoxy) is 5. The zero-order valence-electron chi connectivity index (χ0n) is 24.5. The number of hydrogen-bond acceptors (Lipinski definition) is 11. The van der Waals surface area contributed by atoms with E-state index in [0.29, 0.717) is 29.4 Å². The summed E-state index contributed by atoms with van der Waals surface area (Å²) in [6, 6.07) is 8.58. The normalized spacial score (nSPS) is 15.7. The molecular formula is C31H32N2O9S. The Morgan fingerprint density at radius 1 is 1.12 bits per heavy atom. The summed E-state index contributed by atoms with van der Waals surface area (Å²) in [7, 11) is 4.32. The van der Waals surface area contributed by atoms with E-state index in [0.717, 1.165) is 22.7 Å². The summed E-state index contributed by atoms with van der Waals surface area (Å²) in [5.74, 6) is -1.64. The molecule has 1 unspecified atom stereocenters. The molecule has 11 nitrogen and oxygen atoms in total. The number of Topliss-reactive ketones (excluding diaryl/α,β-unsaturated/α-hetero) is 1. The maximum Gasteiger partial charge on any atom is 0.350 e. The van der Waals surface area contributed by atoms with Crippen LogP contribution in [-0.4, -0.2) is 62.3 Å². The van der Waals surface area contributed by atoms with Crippen molar-refractivity contribution in [1.29, 1.82) is 0 Å². The van der Waals surface area contributed by atoms with E-state index < -0.39 is 29.5 Å². The average Bonchev–Trinajstić information content (AvgIpc) is 3.53. The highest BCUT2D eigenvalue weighted by Gasteiger charge is 2.49. The van der Waals surface area contributed by atoms with E-state index >= 15 is 0 Å². The van der Waals surface area contributed by atoms with Crippen LogP contribution in [0.2, 0.25) is 0 Å². The molecule has 3 aromatic rings. The molecular weight excluding hydrogens is 576 g/mol. The quantitative estimate of drug-likeness (QED) is 0.0957. The highest BCUT2D eigenvalue weighted by atomic mass is 32.1. The summed E-state index contributed by atoms with van der Waals surface area (Å²) < 4.78 is 27.4. The molecule has 0 spiro atoms. The van der Waals surface area contributed by atoms with Crippen LogP contribution in [0, 0.1) is 6.92 Å². The molecule has 4 rings (SSSR count). The van der Waals surface area contributed by atoms with Crippen molar-refractivity contribution in [2.45, 2.75) is 26.3 Å². The molecule has 226 valence electrons. The van der Waals surface area contributed by atoms with Gasteiger partial charge in [-0.25, -0.2) is 9.78 Å². The fraction of sp³-hybridized carbons (Fsp3) is 0.290. The first-order valence-corrected chi connectivity index (χ1v) is 14.1. The summed E-state index contributed by atoms with van der Waals surface area (Å²) in [4.78, 5) is 45.8. The number of ketones is 1.